The fourth-order valence-electron chi connectivity index (χ4n) is 1.99. The van der Waals surface area contributed by atoms with Gasteiger partial charge in [0.25, 0.3) is 0 Å². The Morgan fingerprint density at radius 2 is 1.83 bits per heavy atom. The maximum Gasteiger partial charge on any atom is 0.0897 e. The molecule has 1 unspecified atom stereocenters. The Balaban J connectivity index is 3.63. The molecule has 0 fully saturated rings. The summed E-state index contributed by atoms with van der Waals surface area (Å²) in [6.07, 6.45) is -0.418. The zero-order valence-electron chi connectivity index (χ0n) is 13.0. The molecule has 0 amide bonds. The Morgan fingerprint density at radius 1 is 1.22 bits per heavy atom. The van der Waals surface area contributed by atoms with E-state index in [0.717, 1.165) is 13.1 Å². The standard InChI is InChI=1S/C14H32N2O2/c1-12(2)8-18-9-13(17)7-15-10-14(3,4)11-16(5)6/h12-13,15,17H,7-11H2,1-6H3. The largest absolute Gasteiger partial charge is 0.389 e. The minimum atomic E-state index is -0.418. The second-order valence-corrected chi connectivity index (χ2v) is 6.62. The molecule has 4 heteroatoms. The summed E-state index contributed by atoms with van der Waals surface area (Å²) in [6, 6.07) is 0. The van der Waals surface area contributed by atoms with Crippen LogP contribution in [0.4, 0.5) is 0 Å². The summed E-state index contributed by atoms with van der Waals surface area (Å²) in [5.74, 6) is 0.518. The van der Waals surface area contributed by atoms with Crippen LogP contribution in [0.5, 0.6) is 0 Å². The maximum atomic E-state index is 9.74. The molecule has 18 heavy (non-hydrogen) atoms. The van der Waals surface area contributed by atoms with Gasteiger partial charge in [0, 0.05) is 26.2 Å². The molecule has 0 aliphatic carbocycles. The monoisotopic (exact) mass is 260 g/mol. The molecule has 0 heterocycles. The molecular weight excluding hydrogens is 228 g/mol. The van der Waals surface area contributed by atoms with Crippen molar-refractivity contribution in [3.8, 4) is 0 Å². The van der Waals surface area contributed by atoms with Gasteiger partial charge in [-0.25, -0.2) is 0 Å². The van der Waals surface area contributed by atoms with Crippen LogP contribution in [0.1, 0.15) is 27.7 Å². The van der Waals surface area contributed by atoms with Crippen molar-refractivity contribution in [1.29, 1.82) is 0 Å². The predicted molar refractivity (Wildman–Crippen MR) is 76.9 cm³/mol. The van der Waals surface area contributed by atoms with E-state index in [1.165, 1.54) is 0 Å². The fourth-order valence-corrected chi connectivity index (χ4v) is 1.99. The van der Waals surface area contributed by atoms with E-state index in [0.29, 0.717) is 25.7 Å². The van der Waals surface area contributed by atoms with Crippen LogP contribution >= 0.6 is 0 Å². The number of hydrogen-bond acceptors (Lipinski definition) is 4. The van der Waals surface area contributed by atoms with Crippen molar-refractivity contribution in [2.24, 2.45) is 11.3 Å². The van der Waals surface area contributed by atoms with Crippen LogP contribution in [0.15, 0.2) is 0 Å². The zero-order valence-corrected chi connectivity index (χ0v) is 13.0. The highest BCUT2D eigenvalue weighted by Crippen LogP contribution is 2.13. The number of hydrogen-bond donors (Lipinski definition) is 2. The second-order valence-electron chi connectivity index (χ2n) is 6.62. The van der Waals surface area contributed by atoms with Crippen LogP contribution in [-0.2, 0) is 4.74 Å². The fraction of sp³-hybridized carbons (Fsp3) is 1.00. The lowest BCUT2D eigenvalue weighted by molar-refractivity contribution is 0.0250. The van der Waals surface area contributed by atoms with E-state index >= 15 is 0 Å². The second kappa shape index (κ2) is 8.86. The lowest BCUT2D eigenvalue weighted by atomic mass is 9.93. The van der Waals surface area contributed by atoms with Gasteiger partial charge in [-0.2, -0.15) is 0 Å². The van der Waals surface area contributed by atoms with Crippen molar-refractivity contribution >= 4 is 0 Å². The Hall–Kier alpha value is -0.160. The average molecular weight is 260 g/mol. The molecule has 4 nitrogen and oxygen atoms in total. The summed E-state index contributed by atoms with van der Waals surface area (Å²) in [5.41, 5.74) is 0.210. The van der Waals surface area contributed by atoms with Crippen molar-refractivity contribution in [3.05, 3.63) is 0 Å². The van der Waals surface area contributed by atoms with Crippen molar-refractivity contribution in [2.75, 3.05) is 46.9 Å². The quantitative estimate of drug-likeness (QED) is 0.619. The van der Waals surface area contributed by atoms with Gasteiger partial charge in [0.1, 0.15) is 0 Å². The van der Waals surface area contributed by atoms with Crippen molar-refractivity contribution in [2.45, 2.75) is 33.8 Å². The molecular formula is C14H32N2O2. The van der Waals surface area contributed by atoms with E-state index in [-0.39, 0.29) is 5.41 Å². The minimum Gasteiger partial charge on any atom is -0.389 e. The van der Waals surface area contributed by atoms with Gasteiger partial charge in [-0.05, 0) is 25.4 Å². The van der Waals surface area contributed by atoms with Crippen LogP contribution in [0.25, 0.3) is 0 Å². The number of nitrogens with zero attached hydrogens (tertiary/aromatic N) is 1. The highest BCUT2D eigenvalue weighted by atomic mass is 16.5. The molecule has 110 valence electrons. The number of ether oxygens (including phenoxy) is 1. The summed E-state index contributed by atoms with van der Waals surface area (Å²) in [6.45, 7) is 12.3. The molecule has 0 aromatic rings. The highest BCUT2D eigenvalue weighted by Gasteiger charge is 2.18. The molecule has 0 aliphatic heterocycles. The molecule has 0 bridgehead atoms. The summed E-state index contributed by atoms with van der Waals surface area (Å²) in [7, 11) is 4.16. The Labute approximate surface area is 113 Å². The molecule has 0 radical (unpaired) electrons. The van der Waals surface area contributed by atoms with Gasteiger partial charge >= 0.3 is 0 Å². The van der Waals surface area contributed by atoms with Crippen molar-refractivity contribution < 1.29 is 9.84 Å². The first-order valence-corrected chi connectivity index (χ1v) is 6.84. The first-order valence-electron chi connectivity index (χ1n) is 6.84. The first kappa shape index (κ1) is 17.8. The highest BCUT2D eigenvalue weighted by molar-refractivity contribution is 4.75. The summed E-state index contributed by atoms with van der Waals surface area (Å²) in [5, 5.41) is 13.1. The van der Waals surface area contributed by atoms with Gasteiger partial charge in [0.15, 0.2) is 0 Å². The smallest absolute Gasteiger partial charge is 0.0897 e. The molecule has 1 atom stereocenters. The minimum absolute atomic E-state index is 0.210. The van der Waals surface area contributed by atoms with Gasteiger partial charge < -0.3 is 20.1 Å². The molecule has 0 aliphatic rings. The van der Waals surface area contributed by atoms with E-state index in [4.69, 9.17) is 4.74 Å². The third kappa shape index (κ3) is 11.0. The number of nitrogens with one attached hydrogen (secondary N) is 1. The van der Waals surface area contributed by atoms with Gasteiger partial charge in [0.05, 0.1) is 12.7 Å². The van der Waals surface area contributed by atoms with Crippen LogP contribution in [0, 0.1) is 11.3 Å². The molecule has 0 aromatic carbocycles. The number of rotatable bonds is 10. The predicted octanol–water partition coefficient (Wildman–Crippen LogP) is 1.20. The van der Waals surface area contributed by atoms with Crippen LogP contribution in [0.3, 0.4) is 0 Å². The molecule has 0 saturated heterocycles. The molecule has 0 aromatic heterocycles. The summed E-state index contributed by atoms with van der Waals surface area (Å²) in [4.78, 5) is 2.18. The normalized spacial score (nSPS) is 14.5. The molecule has 0 saturated carbocycles. The number of aliphatic hydroxyl groups excluding tert-OH is 1. The topological polar surface area (TPSA) is 44.7 Å². The summed E-state index contributed by atoms with van der Waals surface area (Å²) >= 11 is 0. The Bertz CT molecular complexity index is 206. The third-order valence-corrected chi connectivity index (χ3v) is 2.49. The van der Waals surface area contributed by atoms with E-state index in [2.05, 4.69) is 52.0 Å². The SMILES string of the molecule is CC(C)COCC(O)CNCC(C)(C)CN(C)C. The van der Waals surface area contributed by atoms with Gasteiger partial charge in [-0.3, -0.25) is 0 Å². The third-order valence-electron chi connectivity index (χ3n) is 2.49. The van der Waals surface area contributed by atoms with Crippen LogP contribution < -0.4 is 5.32 Å². The van der Waals surface area contributed by atoms with E-state index in [1.54, 1.807) is 0 Å². The molecule has 0 rings (SSSR count). The Morgan fingerprint density at radius 3 is 2.33 bits per heavy atom. The van der Waals surface area contributed by atoms with Gasteiger partial charge in [-0.1, -0.05) is 27.7 Å². The Kier molecular flexibility index (Phi) is 8.78. The van der Waals surface area contributed by atoms with Crippen LogP contribution in [0.2, 0.25) is 0 Å². The lowest BCUT2D eigenvalue weighted by Gasteiger charge is -2.29. The van der Waals surface area contributed by atoms with E-state index < -0.39 is 6.10 Å². The van der Waals surface area contributed by atoms with Gasteiger partial charge in [0.2, 0.25) is 0 Å². The number of aliphatic hydroxyl groups is 1. The van der Waals surface area contributed by atoms with Crippen LogP contribution in [-0.4, -0.2) is 63.1 Å². The average Bonchev–Trinajstić information content (AvgIpc) is 2.14. The zero-order chi connectivity index (χ0) is 14.2. The van der Waals surface area contributed by atoms with Crippen molar-refractivity contribution in [3.63, 3.8) is 0 Å². The lowest BCUT2D eigenvalue weighted by Crippen LogP contribution is -2.41. The summed E-state index contributed by atoms with van der Waals surface area (Å²) < 4.78 is 5.41. The van der Waals surface area contributed by atoms with Crippen molar-refractivity contribution in [1.82, 2.24) is 10.2 Å². The van der Waals surface area contributed by atoms with E-state index in [1.807, 2.05) is 0 Å². The van der Waals surface area contributed by atoms with E-state index in [9.17, 15) is 5.11 Å². The maximum absolute atomic E-state index is 9.74. The van der Waals surface area contributed by atoms with Gasteiger partial charge in [-0.15, -0.1) is 0 Å². The first-order chi connectivity index (χ1) is 8.23. The molecule has 2 N–H and O–H groups in total. The molecule has 0 spiro atoms.